The number of thiol groups is 1. The van der Waals surface area contributed by atoms with E-state index < -0.39 is 32.9 Å². The molecule has 1 unspecified atom stereocenters. The Labute approximate surface area is 73.7 Å². The molecule has 1 atom stereocenters. The Balaban J connectivity index is 4.70. The Morgan fingerprint density at radius 3 is 1.92 bits per heavy atom. The molecule has 0 rings (SSSR count). The molecule has 0 saturated heterocycles. The molecule has 0 aromatic carbocycles. The molecule has 2 N–H and O–H groups in total. The molecule has 0 aromatic heterocycles. The van der Waals surface area contributed by atoms with Gasteiger partial charge in [-0.3, -0.25) is 14.1 Å². The summed E-state index contributed by atoms with van der Waals surface area (Å²) in [6.45, 7) is 0. The first-order chi connectivity index (χ1) is 5.25. The first kappa shape index (κ1) is 11.4. The minimum atomic E-state index is -4.73. The van der Waals surface area contributed by atoms with Gasteiger partial charge in [0.15, 0.2) is 10.4 Å². The van der Waals surface area contributed by atoms with Gasteiger partial charge in [0, 0.05) is 6.42 Å². The van der Waals surface area contributed by atoms with E-state index in [4.69, 9.17) is 9.66 Å². The van der Waals surface area contributed by atoms with E-state index in [1.165, 1.54) is 0 Å². The van der Waals surface area contributed by atoms with Crippen LogP contribution >= 0.6 is 12.6 Å². The number of carbonyl (C=O) groups is 2. The second-order valence-electron chi connectivity index (χ2n) is 1.94. The van der Waals surface area contributed by atoms with Crippen molar-refractivity contribution in [3.63, 3.8) is 0 Å². The molecule has 6 nitrogen and oxygen atoms in total. The minimum Gasteiger partial charge on any atom is -0.480 e. The van der Waals surface area contributed by atoms with Crippen molar-refractivity contribution in [2.45, 2.75) is 11.7 Å². The maximum Gasteiger partial charge on any atom is 0.324 e. The summed E-state index contributed by atoms with van der Waals surface area (Å²) in [5.41, 5.74) is 0. The number of carboxylic acid groups (broad SMARTS) is 1. The van der Waals surface area contributed by atoms with Crippen molar-refractivity contribution in [1.29, 1.82) is 0 Å². The lowest BCUT2D eigenvalue weighted by molar-refractivity contribution is -0.137. The first-order valence-corrected chi connectivity index (χ1v) is 4.61. The van der Waals surface area contributed by atoms with Gasteiger partial charge in [0.1, 0.15) is 0 Å². The van der Waals surface area contributed by atoms with Crippen LogP contribution in [-0.4, -0.2) is 34.4 Å². The molecule has 0 saturated carbocycles. The molecule has 0 fully saturated rings. The molecule has 0 aliphatic heterocycles. The van der Waals surface area contributed by atoms with Gasteiger partial charge in [-0.25, -0.2) is 0 Å². The molecule has 0 radical (unpaired) electrons. The van der Waals surface area contributed by atoms with Gasteiger partial charge in [-0.2, -0.15) is 8.42 Å². The standard InChI is InChI=1S/C4H6O6S2/c5-3(11)1-2(4(6)7)12(8,9)10/h2H,1H2,(H,5,11)(H,6,7)(H,8,9,10). The molecule has 12 heavy (non-hydrogen) atoms. The summed E-state index contributed by atoms with van der Waals surface area (Å²) >= 11 is 3.19. The van der Waals surface area contributed by atoms with E-state index in [9.17, 15) is 18.0 Å². The van der Waals surface area contributed by atoms with Crippen LogP contribution in [0.2, 0.25) is 0 Å². The van der Waals surface area contributed by atoms with E-state index in [2.05, 4.69) is 12.6 Å². The molecule has 0 heterocycles. The quantitative estimate of drug-likeness (QED) is 0.416. The lowest BCUT2D eigenvalue weighted by Gasteiger charge is -2.04. The fourth-order valence-electron chi connectivity index (χ4n) is 0.479. The van der Waals surface area contributed by atoms with Crippen molar-refractivity contribution in [3.8, 4) is 0 Å². The third kappa shape index (κ3) is 3.69. The van der Waals surface area contributed by atoms with Crippen LogP contribution in [0.1, 0.15) is 6.42 Å². The Hall–Kier alpha value is -0.600. The van der Waals surface area contributed by atoms with E-state index in [-0.39, 0.29) is 0 Å². The second kappa shape index (κ2) is 3.87. The number of hydrogen-bond donors (Lipinski definition) is 3. The van der Waals surface area contributed by atoms with Crippen molar-refractivity contribution in [2.75, 3.05) is 0 Å². The Kier molecular flexibility index (Phi) is 3.68. The Morgan fingerprint density at radius 2 is 1.83 bits per heavy atom. The molecule has 0 aliphatic rings. The zero-order valence-electron chi connectivity index (χ0n) is 5.67. The predicted molar refractivity (Wildman–Crippen MR) is 41.6 cm³/mol. The third-order valence-corrected chi connectivity index (χ3v) is 2.26. The number of carbonyl (C=O) groups excluding carboxylic acids is 1. The normalized spacial score (nSPS) is 13.8. The third-order valence-electron chi connectivity index (χ3n) is 0.995. The van der Waals surface area contributed by atoms with E-state index in [1.54, 1.807) is 0 Å². The van der Waals surface area contributed by atoms with Gasteiger partial charge in [-0.15, -0.1) is 12.6 Å². The summed E-state index contributed by atoms with van der Waals surface area (Å²) in [5.74, 6) is -1.78. The smallest absolute Gasteiger partial charge is 0.324 e. The maximum atomic E-state index is 10.3. The van der Waals surface area contributed by atoms with E-state index >= 15 is 0 Å². The van der Waals surface area contributed by atoms with Gasteiger partial charge in [-0.05, 0) is 0 Å². The average molecular weight is 214 g/mol. The Morgan fingerprint density at radius 1 is 1.42 bits per heavy atom. The summed E-state index contributed by atoms with van der Waals surface area (Å²) in [7, 11) is -4.73. The lowest BCUT2D eigenvalue weighted by atomic mass is 10.3. The van der Waals surface area contributed by atoms with Crippen LogP contribution in [0.15, 0.2) is 0 Å². The monoisotopic (exact) mass is 214 g/mol. The molecule has 0 aromatic rings. The van der Waals surface area contributed by atoms with Gasteiger partial charge < -0.3 is 5.11 Å². The van der Waals surface area contributed by atoms with E-state index in [0.29, 0.717) is 0 Å². The molecular weight excluding hydrogens is 208 g/mol. The number of carboxylic acids is 1. The van der Waals surface area contributed by atoms with Crippen LogP contribution in [-0.2, 0) is 19.7 Å². The largest absolute Gasteiger partial charge is 0.480 e. The predicted octanol–water partition coefficient (Wildman–Crippen LogP) is -0.826. The number of rotatable bonds is 4. The molecule has 70 valence electrons. The van der Waals surface area contributed by atoms with Crippen LogP contribution in [0.4, 0.5) is 0 Å². The highest BCUT2D eigenvalue weighted by atomic mass is 32.2. The van der Waals surface area contributed by atoms with Crippen LogP contribution in [0, 0.1) is 0 Å². The lowest BCUT2D eigenvalue weighted by Crippen LogP contribution is -2.31. The van der Waals surface area contributed by atoms with Crippen LogP contribution in [0.25, 0.3) is 0 Å². The molecule has 0 spiro atoms. The minimum absolute atomic E-state index is 0.850. The zero-order valence-corrected chi connectivity index (χ0v) is 7.38. The zero-order chi connectivity index (χ0) is 9.94. The second-order valence-corrected chi connectivity index (χ2v) is 4.04. The molecular formula is C4H6O6S2. The summed E-state index contributed by atoms with van der Waals surface area (Å²) in [5, 5.41) is 5.19. The molecule has 0 aliphatic carbocycles. The van der Waals surface area contributed by atoms with Gasteiger partial charge >= 0.3 is 5.97 Å². The van der Waals surface area contributed by atoms with Crippen LogP contribution in [0.3, 0.4) is 0 Å². The highest BCUT2D eigenvalue weighted by molar-refractivity contribution is 7.96. The molecule has 8 heteroatoms. The van der Waals surface area contributed by atoms with Crippen molar-refractivity contribution in [3.05, 3.63) is 0 Å². The van der Waals surface area contributed by atoms with Crippen molar-refractivity contribution < 1.29 is 27.7 Å². The summed E-state index contributed by atoms with van der Waals surface area (Å²) in [6, 6.07) is 0. The maximum absolute atomic E-state index is 10.3. The highest BCUT2D eigenvalue weighted by Crippen LogP contribution is 2.06. The highest BCUT2D eigenvalue weighted by Gasteiger charge is 2.32. The van der Waals surface area contributed by atoms with Crippen molar-refractivity contribution in [2.24, 2.45) is 0 Å². The summed E-state index contributed by atoms with van der Waals surface area (Å²) < 4.78 is 28.9. The van der Waals surface area contributed by atoms with Crippen LogP contribution in [0.5, 0.6) is 0 Å². The fraction of sp³-hybridized carbons (Fsp3) is 0.500. The average Bonchev–Trinajstić information content (AvgIpc) is 1.79. The molecule has 0 bridgehead atoms. The first-order valence-electron chi connectivity index (χ1n) is 2.66. The van der Waals surface area contributed by atoms with Crippen molar-refractivity contribution in [1.82, 2.24) is 0 Å². The summed E-state index contributed by atoms with van der Waals surface area (Å²) in [4.78, 5) is 20.4. The topological polar surface area (TPSA) is 109 Å². The van der Waals surface area contributed by atoms with E-state index in [1.807, 2.05) is 0 Å². The van der Waals surface area contributed by atoms with E-state index in [0.717, 1.165) is 0 Å². The van der Waals surface area contributed by atoms with Crippen molar-refractivity contribution >= 4 is 33.8 Å². The SMILES string of the molecule is O=C(S)CC(C(=O)O)S(=O)(=O)O. The number of aliphatic carboxylic acids is 1. The summed E-state index contributed by atoms with van der Waals surface area (Å²) in [6.07, 6.45) is -0.850. The Bertz CT molecular complexity index is 291. The number of hydrogen-bond acceptors (Lipinski definition) is 4. The van der Waals surface area contributed by atoms with Gasteiger partial charge in [0.25, 0.3) is 10.1 Å². The van der Waals surface area contributed by atoms with Gasteiger partial charge in [0.2, 0.25) is 0 Å². The van der Waals surface area contributed by atoms with Gasteiger partial charge in [-0.1, -0.05) is 0 Å². The molecule has 0 amide bonds. The van der Waals surface area contributed by atoms with Crippen LogP contribution < -0.4 is 0 Å². The fourth-order valence-corrected chi connectivity index (χ4v) is 1.40. The van der Waals surface area contributed by atoms with Gasteiger partial charge in [0.05, 0.1) is 0 Å².